The second-order valence-electron chi connectivity index (χ2n) is 8.57. The molecule has 132 valence electrons. The molecule has 4 rings (SSSR count). The van der Waals surface area contributed by atoms with Crippen LogP contribution in [-0.2, 0) is 0 Å². The van der Waals surface area contributed by atoms with Crippen molar-refractivity contribution in [2.45, 2.75) is 55.0 Å². The van der Waals surface area contributed by atoms with Gasteiger partial charge in [-0.2, -0.15) is 0 Å². The summed E-state index contributed by atoms with van der Waals surface area (Å²) in [5.41, 5.74) is 3.15. The number of likely N-dealkylation sites (tertiary alicyclic amines) is 1. The Labute approximate surface area is 156 Å². The van der Waals surface area contributed by atoms with Crippen LogP contribution < -0.4 is 4.90 Å². The summed E-state index contributed by atoms with van der Waals surface area (Å²) < 4.78 is 0. The first-order chi connectivity index (χ1) is 11.8. The van der Waals surface area contributed by atoms with E-state index in [0.717, 1.165) is 6.54 Å². The van der Waals surface area contributed by atoms with Crippen LogP contribution in [0.4, 0.5) is 11.4 Å². The molecule has 0 aromatic heterocycles. The number of benzene rings is 2. The first kappa shape index (κ1) is 17.0. The fraction of sp³-hybridized carbons (Fsp3) is 0.455. The van der Waals surface area contributed by atoms with Gasteiger partial charge in [0.25, 0.3) is 0 Å². The minimum atomic E-state index is 0.192. The number of rotatable bonds is 2. The minimum absolute atomic E-state index is 0.192. The number of anilines is 2. The molecule has 2 aromatic rings. The summed E-state index contributed by atoms with van der Waals surface area (Å²) in [5, 5.41) is 0. The zero-order valence-electron chi connectivity index (χ0n) is 15.9. The maximum absolute atomic E-state index is 2.57. The van der Waals surface area contributed by atoms with Crippen LogP contribution in [0.1, 0.15) is 34.1 Å². The van der Waals surface area contributed by atoms with Gasteiger partial charge in [-0.1, -0.05) is 36.0 Å². The van der Waals surface area contributed by atoms with E-state index >= 15 is 0 Å². The van der Waals surface area contributed by atoms with Gasteiger partial charge >= 0.3 is 0 Å². The summed E-state index contributed by atoms with van der Waals surface area (Å²) in [7, 11) is 2.29. The summed E-state index contributed by atoms with van der Waals surface area (Å²) >= 11 is 1.89. The third-order valence-corrected chi connectivity index (χ3v) is 7.58. The molecule has 1 saturated heterocycles. The van der Waals surface area contributed by atoms with E-state index in [4.69, 9.17) is 0 Å². The van der Waals surface area contributed by atoms with E-state index in [1.807, 2.05) is 11.8 Å². The molecule has 0 unspecified atom stereocenters. The molecule has 0 spiro atoms. The van der Waals surface area contributed by atoms with Crippen LogP contribution in [0.25, 0.3) is 0 Å². The molecule has 2 aliphatic heterocycles. The predicted molar refractivity (Wildman–Crippen MR) is 108 cm³/mol. The predicted octanol–water partition coefficient (Wildman–Crippen LogP) is 5.80. The second-order valence-corrected chi connectivity index (χ2v) is 9.66. The third kappa shape index (κ3) is 2.69. The topological polar surface area (TPSA) is 6.48 Å². The monoisotopic (exact) mass is 352 g/mol. The van der Waals surface area contributed by atoms with Gasteiger partial charge in [0.05, 0.1) is 11.4 Å². The molecule has 2 aliphatic rings. The molecule has 0 saturated carbocycles. The van der Waals surface area contributed by atoms with E-state index in [0.29, 0.717) is 5.92 Å². The van der Waals surface area contributed by atoms with Crippen LogP contribution in [0.5, 0.6) is 0 Å². The molecule has 1 fully saturated rings. The first-order valence-corrected chi connectivity index (χ1v) is 10.00. The van der Waals surface area contributed by atoms with Gasteiger partial charge in [-0.3, -0.25) is 4.90 Å². The fourth-order valence-corrected chi connectivity index (χ4v) is 5.63. The Balaban J connectivity index is 1.74. The molecule has 0 bridgehead atoms. The summed E-state index contributed by atoms with van der Waals surface area (Å²) in [6, 6.07) is 17.7. The average Bonchev–Trinajstić information content (AvgIpc) is 2.74. The molecule has 2 nitrogen and oxygen atoms in total. The van der Waals surface area contributed by atoms with Crippen LogP contribution in [0.15, 0.2) is 58.3 Å². The van der Waals surface area contributed by atoms with Gasteiger partial charge in [0.15, 0.2) is 0 Å². The largest absolute Gasteiger partial charge is 0.339 e. The van der Waals surface area contributed by atoms with Crippen molar-refractivity contribution in [2.75, 3.05) is 18.5 Å². The number of nitrogens with zero attached hydrogens (tertiary/aromatic N) is 2. The van der Waals surface area contributed by atoms with Gasteiger partial charge in [-0.05, 0) is 71.3 Å². The fourth-order valence-electron chi connectivity index (χ4n) is 4.53. The van der Waals surface area contributed by atoms with E-state index in [1.54, 1.807) is 0 Å². The minimum Gasteiger partial charge on any atom is -0.339 e. The molecule has 2 heterocycles. The second kappa shape index (κ2) is 5.78. The van der Waals surface area contributed by atoms with Crippen LogP contribution in [0, 0.1) is 5.92 Å². The van der Waals surface area contributed by atoms with Crippen molar-refractivity contribution in [3.05, 3.63) is 48.5 Å². The number of para-hydroxylation sites is 2. The lowest BCUT2D eigenvalue weighted by molar-refractivity contribution is 0.101. The Morgan fingerprint density at radius 2 is 1.44 bits per heavy atom. The number of hydrogen-bond acceptors (Lipinski definition) is 3. The smallest absolute Gasteiger partial charge is 0.0552 e. The zero-order valence-corrected chi connectivity index (χ0v) is 16.7. The number of hydrogen-bond donors (Lipinski definition) is 0. The van der Waals surface area contributed by atoms with Crippen molar-refractivity contribution < 1.29 is 0 Å². The highest BCUT2D eigenvalue weighted by Crippen LogP contribution is 2.50. The normalized spacial score (nSPS) is 24.0. The van der Waals surface area contributed by atoms with Gasteiger partial charge in [-0.25, -0.2) is 0 Å². The Morgan fingerprint density at radius 1 is 0.920 bits per heavy atom. The molecule has 3 heteroatoms. The van der Waals surface area contributed by atoms with Crippen LogP contribution in [0.2, 0.25) is 0 Å². The van der Waals surface area contributed by atoms with Crippen molar-refractivity contribution in [1.29, 1.82) is 0 Å². The highest BCUT2D eigenvalue weighted by molar-refractivity contribution is 7.99. The Kier molecular flexibility index (Phi) is 3.93. The van der Waals surface area contributed by atoms with Crippen molar-refractivity contribution in [3.63, 3.8) is 0 Å². The lowest BCUT2D eigenvalue weighted by Crippen LogP contribution is -2.48. The third-order valence-electron chi connectivity index (χ3n) is 6.45. The van der Waals surface area contributed by atoms with Crippen molar-refractivity contribution in [3.8, 4) is 0 Å². The van der Waals surface area contributed by atoms with Crippen LogP contribution in [0.3, 0.4) is 0 Å². The van der Waals surface area contributed by atoms with E-state index in [1.165, 1.54) is 27.6 Å². The summed E-state index contributed by atoms with van der Waals surface area (Å²) in [5.74, 6) is 0.622. The SMILES string of the molecule is CN1C(C)(C)C[C@H](CN2c3ccccc3Sc3ccccc32)C1(C)C. The van der Waals surface area contributed by atoms with E-state index < -0.39 is 0 Å². The molecule has 0 aliphatic carbocycles. The average molecular weight is 353 g/mol. The molecular weight excluding hydrogens is 324 g/mol. The lowest BCUT2D eigenvalue weighted by atomic mass is 9.86. The van der Waals surface area contributed by atoms with Gasteiger partial charge in [0.1, 0.15) is 0 Å². The molecular formula is C22H28N2S. The first-order valence-electron chi connectivity index (χ1n) is 9.18. The van der Waals surface area contributed by atoms with Gasteiger partial charge in [0.2, 0.25) is 0 Å². The Morgan fingerprint density at radius 3 is 1.92 bits per heavy atom. The van der Waals surface area contributed by atoms with Gasteiger partial charge in [-0.15, -0.1) is 0 Å². The molecule has 1 atom stereocenters. The summed E-state index contributed by atoms with van der Waals surface area (Å²) in [4.78, 5) is 7.86. The molecule has 0 amide bonds. The maximum Gasteiger partial charge on any atom is 0.0552 e. The molecule has 25 heavy (non-hydrogen) atoms. The highest BCUT2D eigenvalue weighted by atomic mass is 32.2. The summed E-state index contributed by atoms with van der Waals surface area (Å²) in [6.45, 7) is 10.6. The molecule has 2 aromatic carbocycles. The highest BCUT2D eigenvalue weighted by Gasteiger charge is 2.49. The van der Waals surface area contributed by atoms with E-state index in [2.05, 4.69) is 93.1 Å². The number of fused-ring (bicyclic) bond motifs is 2. The van der Waals surface area contributed by atoms with Crippen molar-refractivity contribution in [2.24, 2.45) is 5.92 Å². The van der Waals surface area contributed by atoms with Gasteiger partial charge < -0.3 is 4.90 Å². The molecule has 0 radical (unpaired) electrons. The standard InChI is InChI=1S/C22H28N2S/c1-21(2)14-16(22(3,4)23(21)5)15-24-17-10-6-8-12-19(17)25-20-13-9-7-11-18(20)24/h6-13,16H,14-15H2,1-5H3/t16-/m1/s1. The van der Waals surface area contributed by atoms with Crippen LogP contribution >= 0.6 is 11.8 Å². The van der Waals surface area contributed by atoms with E-state index in [-0.39, 0.29) is 11.1 Å². The van der Waals surface area contributed by atoms with Gasteiger partial charge in [0, 0.05) is 27.4 Å². The van der Waals surface area contributed by atoms with Crippen LogP contribution in [-0.4, -0.2) is 29.6 Å². The summed E-state index contributed by atoms with van der Waals surface area (Å²) in [6.07, 6.45) is 1.23. The zero-order chi connectivity index (χ0) is 17.8. The maximum atomic E-state index is 2.57. The van der Waals surface area contributed by atoms with E-state index in [9.17, 15) is 0 Å². The Bertz CT molecular complexity index is 751. The Hall–Kier alpha value is -1.45. The quantitative estimate of drug-likeness (QED) is 0.674. The lowest BCUT2D eigenvalue weighted by Gasteiger charge is -2.41. The van der Waals surface area contributed by atoms with Crippen molar-refractivity contribution >= 4 is 23.1 Å². The molecule has 0 N–H and O–H groups in total. The van der Waals surface area contributed by atoms with Crippen molar-refractivity contribution in [1.82, 2.24) is 4.90 Å².